The molecule has 0 saturated carbocycles. The zero-order chi connectivity index (χ0) is 10.9. The fraction of sp³-hybridized carbons (Fsp3) is 1.00. The van der Waals surface area contributed by atoms with Gasteiger partial charge in [0.2, 0.25) is 0 Å². The first-order valence-corrected chi connectivity index (χ1v) is 6.23. The number of rotatable bonds is 3. The van der Waals surface area contributed by atoms with Crippen molar-refractivity contribution in [2.75, 3.05) is 26.2 Å². The van der Waals surface area contributed by atoms with Gasteiger partial charge in [0, 0.05) is 31.7 Å². The molecular formula is C12H24N2O. The molecule has 2 atom stereocenters. The van der Waals surface area contributed by atoms with E-state index in [1.807, 2.05) is 0 Å². The lowest BCUT2D eigenvalue weighted by Crippen LogP contribution is -2.62. The Morgan fingerprint density at radius 1 is 1.27 bits per heavy atom. The molecule has 2 aliphatic rings. The summed E-state index contributed by atoms with van der Waals surface area (Å²) in [7, 11) is 0. The van der Waals surface area contributed by atoms with E-state index in [1.165, 1.54) is 12.8 Å². The summed E-state index contributed by atoms with van der Waals surface area (Å²) in [5, 5.41) is 3.44. The lowest BCUT2D eigenvalue weighted by atomic mass is 9.94. The van der Waals surface area contributed by atoms with Crippen molar-refractivity contribution < 1.29 is 4.74 Å². The fourth-order valence-electron chi connectivity index (χ4n) is 2.82. The molecule has 88 valence electrons. The normalized spacial score (nSPS) is 33.0. The Kier molecular flexibility index (Phi) is 3.33. The van der Waals surface area contributed by atoms with Crippen LogP contribution in [0.3, 0.4) is 0 Å². The van der Waals surface area contributed by atoms with Crippen LogP contribution in [0.2, 0.25) is 0 Å². The molecule has 2 bridgehead atoms. The molecule has 2 unspecified atom stereocenters. The van der Waals surface area contributed by atoms with Gasteiger partial charge >= 0.3 is 0 Å². The zero-order valence-corrected chi connectivity index (χ0v) is 10.3. The van der Waals surface area contributed by atoms with E-state index in [-0.39, 0.29) is 0 Å². The highest BCUT2D eigenvalue weighted by Gasteiger charge is 2.37. The summed E-state index contributed by atoms with van der Waals surface area (Å²) in [5.41, 5.74) is 0.340. The molecule has 2 saturated heterocycles. The molecular weight excluding hydrogens is 188 g/mol. The minimum atomic E-state index is 0.340. The van der Waals surface area contributed by atoms with Crippen molar-refractivity contribution in [2.24, 2.45) is 0 Å². The largest absolute Gasteiger partial charge is 0.370 e. The summed E-state index contributed by atoms with van der Waals surface area (Å²) in [4.78, 5) is 2.62. The van der Waals surface area contributed by atoms with Crippen molar-refractivity contribution in [1.29, 1.82) is 0 Å². The van der Waals surface area contributed by atoms with Gasteiger partial charge in [-0.1, -0.05) is 13.3 Å². The predicted molar refractivity (Wildman–Crippen MR) is 62.1 cm³/mol. The van der Waals surface area contributed by atoms with Crippen molar-refractivity contribution in [3.05, 3.63) is 0 Å². The van der Waals surface area contributed by atoms with Crippen molar-refractivity contribution >= 4 is 0 Å². The molecule has 2 fully saturated rings. The number of ether oxygens (including phenoxy) is 1. The first-order valence-electron chi connectivity index (χ1n) is 6.23. The molecule has 3 heteroatoms. The standard InChI is InChI=1S/C12H24N2O/c1-4-5-12(2,3)14-8-10-6-13-7-11(9-14)15-10/h10-11,13H,4-9H2,1-3H3. The van der Waals surface area contributed by atoms with Gasteiger partial charge in [0.25, 0.3) is 0 Å². The molecule has 0 spiro atoms. The molecule has 2 heterocycles. The molecule has 0 aromatic carbocycles. The van der Waals surface area contributed by atoms with E-state index in [9.17, 15) is 0 Å². The molecule has 0 amide bonds. The monoisotopic (exact) mass is 212 g/mol. The Bertz CT molecular complexity index is 206. The molecule has 0 aromatic heterocycles. The van der Waals surface area contributed by atoms with Gasteiger partial charge in [-0.25, -0.2) is 0 Å². The lowest BCUT2D eigenvalue weighted by molar-refractivity contribution is -0.126. The van der Waals surface area contributed by atoms with E-state index in [0.717, 1.165) is 26.2 Å². The van der Waals surface area contributed by atoms with Crippen LogP contribution < -0.4 is 5.32 Å². The molecule has 3 nitrogen and oxygen atoms in total. The van der Waals surface area contributed by atoms with Gasteiger partial charge in [-0.05, 0) is 20.3 Å². The number of nitrogens with one attached hydrogen (secondary N) is 1. The molecule has 2 rings (SSSR count). The van der Waals surface area contributed by atoms with Crippen LogP contribution in [-0.4, -0.2) is 48.8 Å². The highest BCUT2D eigenvalue weighted by molar-refractivity contribution is 4.91. The molecule has 2 aliphatic heterocycles. The van der Waals surface area contributed by atoms with E-state index in [1.54, 1.807) is 0 Å². The average molecular weight is 212 g/mol. The van der Waals surface area contributed by atoms with E-state index in [4.69, 9.17) is 4.74 Å². The summed E-state index contributed by atoms with van der Waals surface area (Å²) in [6, 6.07) is 0. The van der Waals surface area contributed by atoms with Crippen molar-refractivity contribution in [3.63, 3.8) is 0 Å². The maximum Gasteiger partial charge on any atom is 0.0831 e. The Labute approximate surface area is 93.2 Å². The van der Waals surface area contributed by atoms with Gasteiger partial charge in [-0.15, -0.1) is 0 Å². The van der Waals surface area contributed by atoms with Crippen LogP contribution in [0.4, 0.5) is 0 Å². The van der Waals surface area contributed by atoms with Gasteiger partial charge in [0.05, 0.1) is 12.2 Å². The third-order valence-corrected chi connectivity index (χ3v) is 3.69. The number of hydrogen-bond acceptors (Lipinski definition) is 3. The van der Waals surface area contributed by atoms with Gasteiger partial charge in [-0.3, -0.25) is 4.90 Å². The number of fused-ring (bicyclic) bond motifs is 2. The lowest BCUT2D eigenvalue weighted by Gasteiger charge is -2.48. The third-order valence-electron chi connectivity index (χ3n) is 3.69. The molecule has 0 aromatic rings. The van der Waals surface area contributed by atoms with E-state index in [2.05, 4.69) is 31.0 Å². The first kappa shape index (κ1) is 11.4. The quantitative estimate of drug-likeness (QED) is 0.762. The predicted octanol–water partition coefficient (Wildman–Crippen LogP) is 1.24. The van der Waals surface area contributed by atoms with Crippen molar-refractivity contribution in [1.82, 2.24) is 10.2 Å². The van der Waals surface area contributed by atoms with Crippen molar-refractivity contribution in [2.45, 2.75) is 51.4 Å². The summed E-state index contributed by atoms with van der Waals surface area (Å²) < 4.78 is 5.92. The summed E-state index contributed by atoms with van der Waals surface area (Å²) in [6.07, 6.45) is 3.36. The highest BCUT2D eigenvalue weighted by Crippen LogP contribution is 2.26. The van der Waals surface area contributed by atoms with E-state index < -0.39 is 0 Å². The number of morpholine rings is 2. The second-order valence-electron chi connectivity index (χ2n) is 5.51. The second-order valence-corrected chi connectivity index (χ2v) is 5.51. The summed E-state index contributed by atoms with van der Waals surface area (Å²) >= 11 is 0. The van der Waals surface area contributed by atoms with Gasteiger partial charge < -0.3 is 10.1 Å². The Hall–Kier alpha value is -0.120. The van der Waals surface area contributed by atoms with Crippen LogP contribution in [0.5, 0.6) is 0 Å². The maximum absolute atomic E-state index is 5.92. The van der Waals surface area contributed by atoms with Crippen molar-refractivity contribution in [3.8, 4) is 0 Å². The van der Waals surface area contributed by atoms with Gasteiger partial charge in [0.1, 0.15) is 0 Å². The molecule has 0 aliphatic carbocycles. The third kappa shape index (κ3) is 2.52. The minimum Gasteiger partial charge on any atom is -0.370 e. The SMILES string of the molecule is CCCC(C)(C)N1CC2CNCC(C1)O2. The Morgan fingerprint density at radius 2 is 1.87 bits per heavy atom. The summed E-state index contributed by atoms with van der Waals surface area (Å²) in [6.45, 7) is 11.2. The molecule has 0 radical (unpaired) electrons. The highest BCUT2D eigenvalue weighted by atomic mass is 16.5. The van der Waals surface area contributed by atoms with Gasteiger partial charge in [-0.2, -0.15) is 0 Å². The van der Waals surface area contributed by atoms with Crippen LogP contribution in [0.15, 0.2) is 0 Å². The smallest absolute Gasteiger partial charge is 0.0831 e. The number of nitrogens with zero attached hydrogens (tertiary/aromatic N) is 1. The van der Waals surface area contributed by atoms with E-state index >= 15 is 0 Å². The summed E-state index contributed by atoms with van der Waals surface area (Å²) in [5.74, 6) is 0. The van der Waals surface area contributed by atoms with Crippen LogP contribution in [0.1, 0.15) is 33.6 Å². The minimum absolute atomic E-state index is 0.340. The van der Waals surface area contributed by atoms with Gasteiger partial charge in [0.15, 0.2) is 0 Å². The topological polar surface area (TPSA) is 24.5 Å². The zero-order valence-electron chi connectivity index (χ0n) is 10.3. The van der Waals surface area contributed by atoms with Crippen LogP contribution in [0.25, 0.3) is 0 Å². The van der Waals surface area contributed by atoms with Crippen LogP contribution in [0, 0.1) is 0 Å². The fourth-order valence-corrected chi connectivity index (χ4v) is 2.82. The molecule has 15 heavy (non-hydrogen) atoms. The maximum atomic E-state index is 5.92. The molecule has 1 N–H and O–H groups in total. The average Bonchev–Trinajstić information content (AvgIpc) is 2.17. The second kappa shape index (κ2) is 4.40. The van der Waals surface area contributed by atoms with Crippen LogP contribution in [-0.2, 0) is 4.74 Å². The Morgan fingerprint density at radius 3 is 2.40 bits per heavy atom. The number of hydrogen-bond donors (Lipinski definition) is 1. The van der Waals surface area contributed by atoms with E-state index in [0.29, 0.717) is 17.7 Å². The van der Waals surface area contributed by atoms with Crippen LogP contribution >= 0.6 is 0 Å². The first-order chi connectivity index (χ1) is 7.12. The Balaban J connectivity index is 1.98.